The Hall–Kier alpha value is -3.20. The molecule has 4 aromatic carbocycles. The van der Waals surface area contributed by atoms with Crippen LogP contribution in [0.3, 0.4) is 0 Å². The van der Waals surface area contributed by atoms with E-state index in [1.807, 2.05) is 43.3 Å². The zero-order valence-corrected chi connectivity index (χ0v) is 24.5. The zero-order valence-electron chi connectivity index (χ0n) is 20.5. The highest BCUT2D eigenvalue weighted by molar-refractivity contribution is 9.10. The van der Waals surface area contributed by atoms with E-state index in [0.717, 1.165) is 20.8 Å². The van der Waals surface area contributed by atoms with Gasteiger partial charge in [0.2, 0.25) is 0 Å². The molecule has 0 saturated heterocycles. The van der Waals surface area contributed by atoms with Crippen LogP contribution in [0, 0.1) is 0 Å². The van der Waals surface area contributed by atoms with Gasteiger partial charge in [0, 0.05) is 20.9 Å². The van der Waals surface area contributed by atoms with Gasteiger partial charge in [-0.1, -0.05) is 76.9 Å². The summed E-state index contributed by atoms with van der Waals surface area (Å²) in [6.45, 7) is 2.24. The minimum atomic E-state index is -0.256. The molecule has 0 aliphatic heterocycles. The summed E-state index contributed by atoms with van der Waals surface area (Å²) < 4.78 is 14.5. The van der Waals surface area contributed by atoms with E-state index < -0.39 is 0 Å². The van der Waals surface area contributed by atoms with Crippen molar-refractivity contribution in [3.05, 3.63) is 108 Å². The molecule has 0 fully saturated rings. The maximum absolute atomic E-state index is 13.2. The smallest absolute Gasteiger partial charge is 0.282 e. The number of hydrogen-bond donors (Lipinski definition) is 0. The van der Waals surface area contributed by atoms with Gasteiger partial charge in [0.25, 0.3) is 5.56 Å². The van der Waals surface area contributed by atoms with Gasteiger partial charge in [-0.3, -0.25) is 4.79 Å². The number of nitrogens with zero attached hydrogens (tertiary/aromatic N) is 3. The monoisotopic (exact) mass is 653 g/mol. The van der Waals surface area contributed by atoms with Crippen molar-refractivity contribution < 1.29 is 9.47 Å². The van der Waals surface area contributed by atoms with E-state index in [4.69, 9.17) is 21.1 Å². The molecule has 9 heteroatoms. The van der Waals surface area contributed by atoms with E-state index in [1.165, 1.54) is 4.68 Å². The zero-order chi connectivity index (χ0) is 26.8. The molecule has 0 saturated carbocycles. The van der Waals surface area contributed by atoms with E-state index >= 15 is 0 Å². The Bertz CT molecular complexity index is 1760. The molecule has 0 aliphatic carbocycles. The molecular formula is C29H22Br2ClN3O3. The van der Waals surface area contributed by atoms with Crippen molar-refractivity contribution in [2.45, 2.75) is 20.0 Å². The molecule has 0 amide bonds. The lowest BCUT2D eigenvalue weighted by molar-refractivity contribution is 0.285. The van der Waals surface area contributed by atoms with Gasteiger partial charge in [-0.05, 0) is 56.5 Å². The van der Waals surface area contributed by atoms with Crippen LogP contribution in [0.25, 0.3) is 21.7 Å². The SMILES string of the molecule is CCc1nc2ccc(Br)cc2c(=O)n1N=Cc1cc(OC)c(OCc2cccc3ccccc23)c(Cl)c1Br. The van der Waals surface area contributed by atoms with Gasteiger partial charge in [-0.15, -0.1) is 0 Å². The number of halogens is 3. The van der Waals surface area contributed by atoms with Gasteiger partial charge < -0.3 is 9.47 Å². The Morgan fingerprint density at radius 1 is 1.05 bits per heavy atom. The number of methoxy groups -OCH3 is 1. The lowest BCUT2D eigenvalue weighted by Crippen LogP contribution is -2.22. The summed E-state index contributed by atoms with van der Waals surface area (Å²) in [5.74, 6) is 1.41. The van der Waals surface area contributed by atoms with Crippen molar-refractivity contribution in [3.8, 4) is 11.5 Å². The summed E-state index contributed by atoms with van der Waals surface area (Å²) >= 11 is 13.7. The topological polar surface area (TPSA) is 65.7 Å². The molecule has 0 unspecified atom stereocenters. The fourth-order valence-electron chi connectivity index (χ4n) is 4.22. The fraction of sp³-hybridized carbons (Fsp3) is 0.138. The fourth-order valence-corrected chi connectivity index (χ4v) is 5.23. The highest BCUT2D eigenvalue weighted by atomic mass is 79.9. The minimum absolute atomic E-state index is 0.256. The predicted octanol–water partition coefficient (Wildman–Crippen LogP) is 7.76. The Morgan fingerprint density at radius 3 is 2.63 bits per heavy atom. The van der Waals surface area contributed by atoms with Crippen LogP contribution < -0.4 is 15.0 Å². The van der Waals surface area contributed by atoms with Gasteiger partial charge in [0.15, 0.2) is 11.5 Å². The predicted molar refractivity (Wildman–Crippen MR) is 160 cm³/mol. The molecule has 0 N–H and O–H groups in total. The number of hydrogen-bond acceptors (Lipinski definition) is 5. The van der Waals surface area contributed by atoms with E-state index in [0.29, 0.717) is 56.3 Å². The van der Waals surface area contributed by atoms with Gasteiger partial charge in [0.1, 0.15) is 17.5 Å². The number of rotatable bonds is 7. The molecule has 0 atom stereocenters. The van der Waals surface area contributed by atoms with Crippen molar-refractivity contribution in [2.75, 3.05) is 7.11 Å². The second kappa shape index (κ2) is 11.3. The average Bonchev–Trinajstić information content (AvgIpc) is 2.94. The molecule has 192 valence electrons. The number of benzene rings is 4. The standard InChI is InChI=1S/C29H22Br2ClN3O3/c1-3-25-34-23-12-11-20(30)14-22(23)29(36)35(25)33-15-19-13-24(37-2)28(27(32)26(19)31)38-16-18-9-6-8-17-7-4-5-10-21(17)18/h4-15H,3,16H2,1-2H3. The summed E-state index contributed by atoms with van der Waals surface area (Å²) in [5, 5.41) is 7.54. The van der Waals surface area contributed by atoms with Crippen LogP contribution in [0.1, 0.15) is 23.9 Å². The second-order valence-corrected chi connectivity index (χ2v) is 10.5. The van der Waals surface area contributed by atoms with Gasteiger partial charge >= 0.3 is 0 Å². The summed E-state index contributed by atoms with van der Waals surface area (Å²) in [6.07, 6.45) is 2.09. The van der Waals surface area contributed by atoms with E-state index in [-0.39, 0.29) is 5.56 Å². The molecule has 5 rings (SSSR count). The maximum Gasteiger partial charge on any atom is 0.282 e. The van der Waals surface area contributed by atoms with Crippen molar-refractivity contribution in [3.63, 3.8) is 0 Å². The van der Waals surface area contributed by atoms with Crippen LogP contribution in [0.2, 0.25) is 5.02 Å². The first-order valence-corrected chi connectivity index (χ1v) is 13.8. The highest BCUT2D eigenvalue weighted by Crippen LogP contribution is 2.42. The minimum Gasteiger partial charge on any atom is -0.493 e. The van der Waals surface area contributed by atoms with Crippen LogP contribution in [-0.2, 0) is 13.0 Å². The molecule has 6 nitrogen and oxygen atoms in total. The average molecular weight is 656 g/mol. The maximum atomic E-state index is 13.2. The van der Waals surface area contributed by atoms with Crippen LogP contribution in [0.5, 0.6) is 11.5 Å². The first-order valence-electron chi connectivity index (χ1n) is 11.8. The highest BCUT2D eigenvalue weighted by Gasteiger charge is 2.18. The number of aromatic nitrogens is 2. The molecular weight excluding hydrogens is 634 g/mol. The molecule has 0 bridgehead atoms. The third-order valence-corrected chi connectivity index (χ3v) is 8.07. The van der Waals surface area contributed by atoms with E-state index in [9.17, 15) is 4.79 Å². The largest absolute Gasteiger partial charge is 0.493 e. The third kappa shape index (κ3) is 5.08. The quantitative estimate of drug-likeness (QED) is 0.168. The summed E-state index contributed by atoms with van der Waals surface area (Å²) in [7, 11) is 1.55. The molecule has 0 aliphatic rings. The Kier molecular flexibility index (Phi) is 7.83. The number of aryl methyl sites for hydroxylation is 1. The first kappa shape index (κ1) is 26.4. The van der Waals surface area contributed by atoms with E-state index in [1.54, 1.807) is 25.5 Å². The van der Waals surface area contributed by atoms with Gasteiger partial charge in [0.05, 0.1) is 24.2 Å². The van der Waals surface area contributed by atoms with Gasteiger partial charge in [-0.2, -0.15) is 9.78 Å². The number of fused-ring (bicyclic) bond motifs is 2. The van der Waals surface area contributed by atoms with E-state index in [2.05, 4.69) is 60.1 Å². The normalized spacial score (nSPS) is 11.5. The Labute approximate surface area is 241 Å². The van der Waals surface area contributed by atoms with Crippen molar-refractivity contribution in [1.29, 1.82) is 0 Å². The number of ether oxygens (including phenoxy) is 2. The lowest BCUT2D eigenvalue weighted by atomic mass is 10.1. The molecule has 38 heavy (non-hydrogen) atoms. The molecule has 1 aromatic heterocycles. The summed E-state index contributed by atoms with van der Waals surface area (Å²) in [5.41, 5.74) is 2.02. The first-order chi connectivity index (χ1) is 18.4. The molecule has 0 radical (unpaired) electrons. The second-order valence-electron chi connectivity index (χ2n) is 8.46. The lowest BCUT2D eigenvalue weighted by Gasteiger charge is -2.16. The van der Waals surface area contributed by atoms with Crippen LogP contribution in [0.4, 0.5) is 0 Å². The molecule has 0 spiro atoms. The van der Waals surface area contributed by atoms with Crippen molar-refractivity contribution >= 4 is 71.4 Å². The van der Waals surface area contributed by atoms with Crippen LogP contribution in [-0.4, -0.2) is 23.0 Å². The van der Waals surface area contributed by atoms with Crippen molar-refractivity contribution in [2.24, 2.45) is 5.10 Å². The van der Waals surface area contributed by atoms with Crippen LogP contribution in [0.15, 0.2) is 85.6 Å². The Balaban J connectivity index is 1.50. The van der Waals surface area contributed by atoms with Crippen LogP contribution >= 0.6 is 43.5 Å². The Morgan fingerprint density at radius 2 is 1.84 bits per heavy atom. The van der Waals surface area contributed by atoms with Crippen molar-refractivity contribution in [1.82, 2.24) is 9.66 Å². The summed E-state index contributed by atoms with van der Waals surface area (Å²) in [6, 6.07) is 21.4. The summed E-state index contributed by atoms with van der Waals surface area (Å²) in [4.78, 5) is 17.8. The molecule has 1 heterocycles. The third-order valence-electron chi connectivity index (χ3n) is 6.13. The van der Waals surface area contributed by atoms with Gasteiger partial charge in [-0.25, -0.2) is 4.98 Å². The molecule has 5 aromatic rings.